The Morgan fingerprint density at radius 2 is 2.06 bits per heavy atom. The molecule has 1 aromatic carbocycles. The number of hydrogen-bond acceptors (Lipinski definition) is 3. The van der Waals surface area contributed by atoms with Crippen molar-refractivity contribution in [2.24, 2.45) is 0 Å². The fourth-order valence-electron chi connectivity index (χ4n) is 1.36. The number of aliphatic hydroxyl groups is 1. The van der Waals surface area contributed by atoms with E-state index in [0.717, 1.165) is 12.1 Å². The van der Waals surface area contributed by atoms with Crippen molar-refractivity contribution in [3.8, 4) is 0 Å². The lowest BCUT2D eigenvalue weighted by molar-refractivity contribution is -0.138. The van der Waals surface area contributed by atoms with Gasteiger partial charge in [0.2, 0.25) is 0 Å². The van der Waals surface area contributed by atoms with Crippen LogP contribution in [0.25, 0.3) is 0 Å². The third-order valence-corrected chi connectivity index (χ3v) is 2.36. The molecule has 1 rings (SSSR count). The SMILES string of the molecule is CON(C)C(=O)c1ccc(CO)cc1C(F)(F)F. The first-order valence-corrected chi connectivity index (χ1v) is 4.94. The molecule has 0 unspecified atom stereocenters. The summed E-state index contributed by atoms with van der Waals surface area (Å²) in [5.74, 6) is -0.908. The van der Waals surface area contributed by atoms with Crippen molar-refractivity contribution in [2.45, 2.75) is 12.8 Å². The molecule has 0 atom stereocenters. The Labute approximate surface area is 102 Å². The van der Waals surface area contributed by atoms with Crippen LogP contribution in [-0.2, 0) is 17.6 Å². The molecule has 7 heteroatoms. The molecule has 4 nitrogen and oxygen atoms in total. The molecule has 0 aliphatic carbocycles. The van der Waals surface area contributed by atoms with Crippen molar-refractivity contribution >= 4 is 5.91 Å². The summed E-state index contributed by atoms with van der Waals surface area (Å²) in [6, 6.07) is 3.02. The van der Waals surface area contributed by atoms with Gasteiger partial charge in [0.05, 0.1) is 24.8 Å². The van der Waals surface area contributed by atoms with Crippen LogP contribution in [-0.4, -0.2) is 30.2 Å². The number of alkyl halides is 3. The molecule has 0 aliphatic heterocycles. The molecule has 0 aromatic heterocycles. The summed E-state index contributed by atoms with van der Waals surface area (Å²) in [5, 5.41) is 9.52. The van der Waals surface area contributed by atoms with Crippen LogP contribution in [0.2, 0.25) is 0 Å². The number of nitrogens with zero attached hydrogens (tertiary/aromatic N) is 1. The standard InChI is InChI=1S/C11H12F3NO3/c1-15(18-2)10(17)8-4-3-7(6-16)5-9(8)11(12,13)14/h3-5,16H,6H2,1-2H3. The average Bonchev–Trinajstić information content (AvgIpc) is 2.35. The first-order chi connectivity index (χ1) is 8.31. The Bertz CT molecular complexity index is 446. The van der Waals surface area contributed by atoms with Crippen LogP contribution in [0.5, 0.6) is 0 Å². The van der Waals surface area contributed by atoms with Crippen LogP contribution < -0.4 is 0 Å². The number of carbonyl (C=O) groups excluding carboxylic acids is 1. The van der Waals surface area contributed by atoms with Gasteiger partial charge in [0.1, 0.15) is 0 Å². The van der Waals surface area contributed by atoms with Crippen LogP contribution in [0, 0.1) is 0 Å². The molecule has 1 aromatic rings. The third-order valence-electron chi connectivity index (χ3n) is 2.36. The van der Waals surface area contributed by atoms with E-state index in [0.29, 0.717) is 5.06 Å². The van der Waals surface area contributed by atoms with Crippen molar-refractivity contribution in [3.63, 3.8) is 0 Å². The minimum atomic E-state index is -4.68. The van der Waals surface area contributed by atoms with Gasteiger partial charge in [0.25, 0.3) is 5.91 Å². The van der Waals surface area contributed by atoms with Crippen molar-refractivity contribution < 1.29 is 27.9 Å². The number of halogens is 3. The molecule has 0 spiro atoms. The highest BCUT2D eigenvalue weighted by molar-refractivity contribution is 5.95. The molecule has 0 bridgehead atoms. The third kappa shape index (κ3) is 2.99. The van der Waals surface area contributed by atoms with Crippen LogP contribution in [0.1, 0.15) is 21.5 Å². The highest BCUT2D eigenvalue weighted by Gasteiger charge is 2.36. The maximum absolute atomic E-state index is 12.8. The molecule has 18 heavy (non-hydrogen) atoms. The molecule has 100 valence electrons. The van der Waals surface area contributed by atoms with E-state index in [1.165, 1.54) is 20.2 Å². The normalized spacial score (nSPS) is 11.4. The molecule has 0 heterocycles. The number of aliphatic hydroxyl groups excluding tert-OH is 1. The monoisotopic (exact) mass is 263 g/mol. The van der Waals surface area contributed by atoms with E-state index in [4.69, 9.17) is 5.11 Å². The van der Waals surface area contributed by atoms with Crippen LogP contribution in [0.3, 0.4) is 0 Å². The van der Waals surface area contributed by atoms with Crippen LogP contribution in [0.4, 0.5) is 13.2 Å². The lowest BCUT2D eigenvalue weighted by Gasteiger charge is -2.18. The maximum atomic E-state index is 12.8. The van der Waals surface area contributed by atoms with Gasteiger partial charge in [-0.15, -0.1) is 0 Å². The summed E-state index contributed by atoms with van der Waals surface area (Å²) in [6.45, 7) is -0.530. The molecule has 1 N–H and O–H groups in total. The second-order valence-electron chi connectivity index (χ2n) is 3.52. The maximum Gasteiger partial charge on any atom is 0.417 e. The molecule has 0 aliphatic rings. The molecule has 1 amide bonds. The van der Waals surface area contributed by atoms with Crippen molar-refractivity contribution in [3.05, 3.63) is 34.9 Å². The Balaban J connectivity index is 3.31. The van der Waals surface area contributed by atoms with Gasteiger partial charge in [0, 0.05) is 7.05 Å². The zero-order chi connectivity index (χ0) is 13.9. The van der Waals surface area contributed by atoms with Crippen LogP contribution >= 0.6 is 0 Å². The second kappa shape index (κ2) is 5.36. The number of benzene rings is 1. The number of hydrogen-bond donors (Lipinski definition) is 1. The predicted molar refractivity (Wildman–Crippen MR) is 56.5 cm³/mol. The zero-order valence-electron chi connectivity index (χ0n) is 9.78. The van der Waals surface area contributed by atoms with Crippen molar-refractivity contribution in [2.75, 3.05) is 14.2 Å². The summed E-state index contributed by atoms with van der Waals surface area (Å²) in [4.78, 5) is 16.2. The fraction of sp³-hybridized carbons (Fsp3) is 0.364. The topological polar surface area (TPSA) is 49.8 Å². The zero-order valence-corrected chi connectivity index (χ0v) is 9.78. The molecule has 0 saturated carbocycles. The van der Waals surface area contributed by atoms with Crippen molar-refractivity contribution in [1.29, 1.82) is 0 Å². The summed E-state index contributed by atoms with van der Waals surface area (Å²) >= 11 is 0. The first kappa shape index (κ1) is 14.5. The summed E-state index contributed by atoms with van der Waals surface area (Å²) < 4.78 is 38.4. The van der Waals surface area contributed by atoms with Crippen molar-refractivity contribution in [1.82, 2.24) is 5.06 Å². The van der Waals surface area contributed by atoms with Gasteiger partial charge in [-0.3, -0.25) is 9.63 Å². The van der Waals surface area contributed by atoms with Crippen LogP contribution in [0.15, 0.2) is 18.2 Å². The van der Waals surface area contributed by atoms with Gasteiger partial charge in [-0.25, -0.2) is 5.06 Å². The first-order valence-electron chi connectivity index (χ1n) is 4.94. The Morgan fingerprint density at radius 1 is 1.44 bits per heavy atom. The molecular formula is C11H12F3NO3. The lowest BCUT2D eigenvalue weighted by Crippen LogP contribution is -2.28. The lowest BCUT2D eigenvalue weighted by atomic mass is 10.0. The van der Waals surface area contributed by atoms with Gasteiger partial charge in [-0.1, -0.05) is 6.07 Å². The average molecular weight is 263 g/mol. The number of rotatable bonds is 3. The number of carbonyl (C=O) groups is 1. The largest absolute Gasteiger partial charge is 0.417 e. The smallest absolute Gasteiger partial charge is 0.392 e. The van der Waals surface area contributed by atoms with Gasteiger partial charge < -0.3 is 5.11 Å². The predicted octanol–water partition coefficient (Wildman–Crippen LogP) is 1.83. The van der Waals surface area contributed by atoms with Gasteiger partial charge in [-0.2, -0.15) is 13.2 Å². The van der Waals surface area contributed by atoms with Gasteiger partial charge >= 0.3 is 6.18 Å². The molecule has 0 fully saturated rings. The molecular weight excluding hydrogens is 251 g/mol. The van der Waals surface area contributed by atoms with E-state index in [2.05, 4.69) is 4.84 Å². The van der Waals surface area contributed by atoms with E-state index in [9.17, 15) is 18.0 Å². The van der Waals surface area contributed by atoms with E-state index in [1.807, 2.05) is 0 Å². The molecule has 0 radical (unpaired) electrons. The minimum Gasteiger partial charge on any atom is -0.392 e. The highest BCUT2D eigenvalue weighted by Crippen LogP contribution is 2.33. The highest BCUT2D eigenvalue weighted by atomic mass is 19.4. The minimum absolute atomic E-state index is 0.0824. The van der Waals surface area contributed by atoms with Gasteiger partial charge in [-0.05, 0) is 17.7 Å². The summed E-state index contributed by atoms with van der Waals surface area (Å²) in [5.41, 5.74) is -1.54. The Hall–Kier alpha value is -1.60. The van der Waals surface area contributed by atoms with E-state index >= 15 is 0 Å². The van der Waals surface area contributed by atoms with E-state index in [-0.39, 0.29) is 5.56 Å². The quantitative estimate of drug-likeness (QED) is 0.846. The number of amides is 1. The van der Waals surface area contributed by atoms with E-state index < -0.39 is 29.8 Å². The molecule has 0 saturated heterocycles. The van der Waals surface area contributed by atoms with E-state index in [1.54, 1.807) is 0 Å². The second-order valence-corrected chi connectivity index (χ2v) is 3.52. The Morgan fingerprint density at radius 3 is 2.50 bits per heavy atom. The fourth-order valence-corrected chi connectivity index (χ4v) is 1.36. The van der Waals surface area contributed by atoms with Gasteiger partial charge in [0.15, 0.2) is 0 Å². The number of hydroxylamine groups is 2. The summed E-state index contributed by atoms with van der Waals surface area (Å²) in [7, 11) is 2.38. The summed E-state index contributed by atoms with van der Waals surface area (Å²) in [6.07, 6.45) is -4.68. The Kier molecular flexibility index (Phi) is 4.31.